The zero-order chi connectivity index (χ0) is 18.8. The number of carbonyl (C=O) groups excluding carboxylic acids is 2. The number of nitrogens with one attached hydrogen (secondary N) is 1. The fourth-order valence-corrected chi connectivity index (χ4v) is 2.83. The molecule has 2 heterocycles. The van der Waals surface area contributed by atoms with Gasteiger partial charge in [0.1, 0.15) is 5.58 Å². The van der Waals surface area contributed by atoms with Crippen LogP contribution in [0.4, 0.5) is 0 Å². The maximum absolute atomic E-state index is 12.1. The fraction of sp³-hybridized carbons (Fsp3) is 0.200. The van der Waals surface area contributed by atoms with Crippen LogP contribution in [0, 0.1) is 0 Å². The van der Waals surface area contributed by atoms with E-state index in [4.69, 9.17) is 18.6 Å². The second-order valence-corrected chi connectivity index (χ2v) is 6.13. The maximum Gasteiger partial charge on any atom is 0.374 e. The van der Waals surface area contributed by atoms with E-state index < -0.39 is 18.5 Å². The van der Waals surface area contributed by atoms with Gasteiger partial charge in [0.25, 0.3) is 5.91 Å². The van der Waals surface area contributed by atoms with Crippen LogP contribution < -0.4 is 14.8 Å². The molecule has 0 unspecified atom stereocenters. The highest BCUT2D eigenvalue weighted by atomic mass is 16.7. The molecule has 27 heavy (non-hydrogen) atoms. The molecule has 4 rings (SSSR count). The molecule has 0 bridgehead atoms. The molecule has 0 saturated carbocycles. The lowest BCUT2D eigenvalue weighted by Crippen LogP contribution is -2.31. The van der Waals surface area contributed by atoms with Crippen molar-refractivity contribution in [2.75, 3.05) is 13.4 Å². The molecule has 0 spiro atoms. The highest BCUT2D eigenvalue weighted by Gasteiger charge is 2.19. The quantitative estimate of drug-likeness (QED) is 0.697. The van der Waals surface area contributed by atoms with Gasteiger partial charge in [-0.1, -0.05) is 24.3 Å². The van der Waals surface area contributed by atoms with E-state index in [-0.39, 0.29) is 18.6 Å². The molecule has 0 radical (unpaired) electrons. The Morgan fingerprint density at radius 3 is 2.78 bits per heavy atom. The van der Waals surface area contributed by atoms with Crippen LogP contribution in [-0.2, 0) is 9.53 Å². The molecule has 1 N–H and O–H groups in total. The average Bonchev–Trinajstić information content (AvgIpc) is 3.31. The molecule has 0 saturated heterocycles. The summed E-state index contributed by atoms with van der Waals surface area (Å²) in [6.45, 7) is 1.62. The van der Waals surface area contributed by atoms with Gasteiger partial charge in [0.15, 0.2) is 18.1 Å². The first kappa shape index (κ1) is 17.0. The molecule has 0 fully saturated rings. The van der Waals surface area contributed by atoms with Crippen LogP contribution in [0.15, 0.2) is 52.9 Å². The van der Waals surface area contributed by atoms with Crippen molar-refractivity contribution in [1.29, 1.82) is 0 Å². The Morgan fingerprint density at radius 2 is 1.93 bits per heavy atom. The Labute approximate surface area is 154 Å². The van der Waals surface area contributed by atoms with E-state index in [1.807, 2.05) is 37.3 Å². The van der Waals surface area contributed by atoms with Crippen LogP contribution in [0.1, 0.15) is 29.1 Å². The third-order valence-electron chi connectivity index (χ3n) is 4.24. The number of carbonyl (C=O) groups is 2. The molecule has 1 aromatic heterocycles. The summed E-state index contributed by atoms with van der Waals surface area (Å²) >= 11 is 0. The van der Waals surface area contributed by atoms with Crippen molar-refractivity contribution >= 4 is 22.8 Å². The molecule has 1 atom stereocenters. The largest absolute Gasteiger partial charge is 0.454 e. The Hall–Kier alpha value is -3.48. The maximum atomic E-state index is 12.1. The first-order valence-corrected chi connectivity index (χ1v) is 8.45. The van der Waals surface area contributed by atoms with Gasteiger partial charge in [-0.25, -0.2) is 4.79 Å². The van der Waals surface area contributed by atoms with Crippen molar-refractivity contribution in [2.45, 2.75) is 13.0 Å². The number of hydrogen-bond acceptors (Lipinski definition) is 6. The number of hydrogen-bond donors (Lipinski definition) is 1. The van der Waals surface area contributed by atoms with E-state index in [1.54, 1.807) is 18.2 Å². The Balaban J connectivity index is 1.33. The van der Waals surface area contributed by atoms with Crippen molar-refractivity contribution in [2.24, 2.45) is 0 Å². The molecule has 138 valence electrons. The van der Waals surface area contributed by atoms with Crippen LogP contribution in [-0.4, -0.2) is 25.3 Å². The van der Waals surface area contributed by atoms with Crippen LogP contribution in [0.25, 0.3) is 11.0 Å². The molecule has 1 aliphatic rings. The standard InChI is InChI=1S/C20H17NO6/c1-12(13-6-7-16-17(8-13)26-11-25-16)21-19(22)10-24-20(23)18-9-14-4-2-3-5-15(14)27-18/h2-9,12H,10-11H2,1H3,(H,21,22)/t12-/m1/s1. The minimum Gasteiger partial charge on any atom is -0.454 e. The lowest BCUT2D eigenvalue weighted by atomic mass is 10.1. The van der Waals surface area contributed by atoms with Gasteiger partial charge in [-0.05, 0) is 36.8 Å². The number of para-hydroxylation sites is 1. The first-order chi connectivity index (χ1) is 13.1. The molecule has 7 heteroatoms. The molecule has 3 aromatic rings. The summed E-state index contributed by atoms with van der Waals surface area (Å²) in [6.07, 6.45) is 0. The normalized spacial score (nSPS) is 13.4. The van der Waals surface area contributed by atoms with Gasteiger partial charge in [-0.2, -0.15) is 0 Å². The summed E-state index contributed by atoms with van der Waals surface area (Å²) < 4.78 is 21.1. The van der Waals surface area contributed by atoms with Crippen molar-refractivity contribution in [1.82, 2.24) is 5.32 Å². The predicted octanol–water partition coefficient (Wildman–Crippen LogP) is 3.20. The third-order valence-corrected chi connectivity index (χ3v) is 4.24. The predicted molar refractivity (Wildman–Crippen MR) is 95.6 cm³/mol. The van der Waals surface area contributed by atoms with E-state index in [0.29, 0.717) is 17.1 Å². The molecule has 1 amide bonds. The van der Waals surface area contributed by atoms with Crippen molar-refractivity contribution in [3.8, 4) is 11.5 Å². The molecule has 7 nitrogen and oxygen atoms in total. The summed E-state index contributed by atoms with van der Waals surface area (Å²) in [5.41, 5.74) is 1.45. The summed E-state index contributed by atoms with van der Waals surface area (Å²) in [5, 5.41) is 3.57. The van der Waals surface area contributed by atoms with E-state index in [9.17, 15) is 9.59 Å². The summed E-state index contributed by atoms with van der Waals surface area (Å²) in [7, 11) is 0. The van der Waals surface area contributed by atoms with E-state index >= 15 is 0 Å². The molecule has 1 aliphatic heterocycles. The van der Waals surface area contributed by atoms with Crippen LogP contribution in [0.3, 0.4) is 0 Å². The smallest absolute Gasteiger partial charge is 0.374 e. The van der Waals surface area contributed by atoms with Crippen LogP contribution >= 0.6 is 0 Å². The van der Waals surface area contributed by atoms with Crippen molar-refractivity contribution < 1.29 is 28.2 Å². The van der Waals surface area contributed by atoms with Gasteiger partial charge in [0.2, 0.25) is 12.6 Å². The van der Waals surface area contributed by atoms with E-state index in [1.165, 1.54) is 0 Å². The van der Waals surface area contributed by atoms with Gasteiger partial charge in [-0.3, -0.25) is 4.79 Å². The lowest BCUT2D eigenvalue weighted by Gasteiger charge is -2.14. The van der Waals surface area contributed by atoms with Gasteiger partial charge in [-0.15, -0.1) is 0 Å². The second-order valence-electron chi connectivity index (χ2n) is 6.13. The number of rotatable bonds is 5. The molecule has 0 aliphatic carbocycles. The monoisotopic (exact) mass is 367 g/mol. The number of amides is 1. The third kappa shape index (κ3) is 3.57. The van der Waals surface area contributed by atoms with E-state index in [0.717, 1.165) is 10.9 Å². The van der Waals surface area contributed by atoms with Crippen LogP contribution in [0.2, 0.25) is 0 Å². The lowest BCUT2D eigenvalue weighted by molar-refractivity contribution is -0.124. The molecular formula is C20H17NO6. The van der Waals surface area contributed by atoms with Crippen molar-refractivity contribution in [3.63, 3.8) is 0 Å². The minimum absolute atomic E-state index is 0.0628. The minimum atomic E-state index is -0.683. The summed E-state index contributed by atoms with van der Waals surface area (Å²) in [6, 6.07) is 14.0. The van der Waals surface area contributed by atoms with Crippen LogP contribution in [0.5, 0.6) is 11.5 Å². The number of fused-ring (bicyclic) bond motifs is 2. The highest BCUT2D eigenvalue weighted by Crippen LogP contribution is 2.34. The van der Waals surface area contributed by atoms with Gasteiger partial charge < -0.3 is 23.9 Å². The SMILES string of the molecule is C[C@@H](NC(=O)COC(=O)c1cc2ccccc2o1)c1ccc2c(c1)OCO2. The average molecular weight is 367 g/mol. The number of ether oxygens (including phenoxy) is 3. The Bertz CT molecular complexity index is 976. The fourth-order valence-electron chi connectivity index (χ4n) is 2.83. The zero-order valence-corrected chi connectivity index (χ0v) is 14.6. The second kappa shape index (κ2) is 7.03. The van der Waals surface area contributed by atoms with E-state index in [2.05, 4.69) is 5.32 Å². The summed E-state index contributed by atoms with van der Waals surface area (Å²) in [5.74, 6) is 0.288. The van der Waals surface area contributed by atoms with Gasteiger partial charge in [0.05, 0.1) is 6.04 Å². The topological polar surface area (TPSA) is 87.0 Å². The zero-order valence-electron chi connectivity index (χ0n) is 14.6. The number of furan rings is 1. The highest BCUT2D eigenvalue weighted by molar-refractivity contribution is 5.93. The molecule has 2 aromatic carbocycles. The Morgan fingerprint density at radius 1 is 1.11 bits per heavy atom. The van der Waals surface area contributed by atoms with Crippen molar-refractivity contribution in [3.05, 3.63) is 59.9 Å². The van der Waals surface area contributed by atoms with Gasteiger partial charge >= 0.3 is 5.97 Å². The Kier molecular flexibility index (Phi) is 4.42. The first-order valence-electron chi connectivity index (χ1n) is 8.45. The molecular weight excluding hydrogens is 350 g/mol. The number of benzene rings is 2. The van der Waals surface area contributed by atoms with Gasteiger partial charge in [0, 0.05) is 5.39 Å². The summed E-state index contributed by atoms with van der Waals surface area (Å²) in [4.78, 5) is 24.2. The number of esters is 1.